The van der Waals surface area contributed by atoms with Crippen molar-refractivity contribution in [1.29, 1.82) is 0 Å². The summed E-state index contributed by atoms with van der Waals surface area (Å²) in [6.07, 6.45) is 0.823. The molecule has 0 aromatic heterocycles. The number of carbonyl (C=O) groups excluding carboxylic acids is 5. The largest absolute Gasteiger partial charge is 0.508 e. The van der Waals surface area contributed by atoms with E-state index in [2.05, 4.69) is 31.3 Å². The normalized spacial score (nSPS) is 20.1. The summed E-state index contributed by atoms with van der Waals surface area (Å²) in [5.74, 6) is -3.51. The van der Waals surface area contributed by atoms with Gasteiger partial charge in [0.2, 0.25) is 29.5 Å². The van der Waals surface area contributed by atoms with Crippen LogP contribution in [0.15, 0.2) is 76.7 Å². The lowest BCUT2D eigenvalue weighted by atomic mass is 10.00. The summed E-state index contributed by atoms with van der Waals surface area (Å²) in [5.41, 5.74) is 23.3. The number of hydrogen-bond acceptors (Lipinski definition) is 8. The quantitative estimate of drug-likeness (QED) is 0.0610. The predicted octanol–water partition coefficient (Wildman–Crippen LogP) is -1.15. The number of carbonyl (C=O) groups is 5. The molecule has 4 rings (SSSR count). The van der Waals surface area contributed by atoms with Gasteiger partial charge in [0.25, 0.3) is 0 Å². The van der Waals surface area contributed by atoms with Crippen LogP contribution >= 0.6 is 0 Å². The first-order valence-electron chi connectivity index (χ1n) is 17.6. The number of phenols is 1. The molecule has 0 spiro atoms. The van der Waals surface area contributed by atoms with Crippen LogP contribution in [0.3, 0.4) is 0 Å². The molecule has 1 aliphatic rings. The van der Waals surface area contributed by atoms with Gasteiger partial charge in [0.05, 0.1) is 6.54 Å². The molecule has 5 amide bonds. The number of nitrogens with zero attached hydrogens (tertiary/aromatic N) is 3. The molecule has 3 aromatic rings. The van der Waals surface area contributed by atoms with E-state index in [1.54, 1.807) is 12.1 Å². The van der Waals surface area contributed by atoms with Gasteiger partial charge in [-0.1, -0.05) is 54.6 Å². The molecule has 1 fully saturated rings. The minimum atomic E-state index is -1.18. The number of fused-ring (bicyclic) bond motifs is 1. The van der Waals surface area contributed by atoms with Crippen LogP contribution in [-0.4, -0.2) is 102 Å². The number of aliphatic imine (C=N–C) groups is 2. The third-order valence-corrected chi connectivity index (χ3v) is 8.95. The Labute approximate surface area is 313 Å². The number of benzene rings is 3. The fraction of sp³-hybridized carbons (Fsp3) is 0.378. The molecular formula is C37H49N11O6. The van der Waals surface area contributed by atoms with Crippen molar-refractivity contribution in [3.63, 3.8) is 0 Å². The van der Waals surface area contributed by atoms with Gasteiger partial charge in [0.1, 0.15) is 29.9 Å². The maximum atomic E-state index is 14.1. The third-order valence-electron chi connectivity index (χ3n) is 8.95. The van der Waals surface area contributed by atoms with E-state index in [4.69, 9.17) is 22.9 Å². The Morgan fingerprint density at radius 3 is 1.96 bits per heavy atom. The monoisotopic (exact) mass is 743 g/mol. The first kappa shape index (κ1) is 40.4. The Bertz CT molecular complexity index is 1860. The summed E-state index contributed by atoms with van der Waals surface area (Å²) >= 11 is 0. The van der Waals surface area contributed by atoms with Crippen LogP contribution in [0.1, 0.15) is 36.8 Å². The average Bonchev–Trinajstić information content (AvgIpc) is 3.14. The molecule has 17 nitrogen and oxygen atoms in total. The SMILES string of the molecule is CN1C(=O)[C@@H](Cc2ccc(O)cc2)NC(=O)CNC(=O)[C@H](Cc2ccc3ccccc3c2)NC(=O)[C@H](CCCN=C(N)N)NC(=O)[C@@H]1CCCN=C(N)N. The summed E-state index contributed by atoms with van der Waals surface area (Å²) in [6, 6.07) is 14.8. The van der Waals surface area contributed by atoms with Crippen molar-refractivity contribution in [1.82, 2.24) is 26.2 Å². The fourth-order valence-electron chi connectivity index (χ4n) is 6.12. The zero-order chi connectivity index (χ0) is 39.2. The number of likely N-dealkylation sites (N-methyl/N-ethyl adjacent to an activating group) is 1. The van der Waals surface area contributed by atoms with Gasteiger partial charge in [-0.3, -0.25) is 34.0 Å². The Balaban J connectivity index is 1.71. The van der Waals surface area contributed by atoms with Crippen LogP contribution in [-0.2, 0) is 36.8 Å². The number of rotatable bonds is 12. The molecule has 288 valence electrons. The van der Waals surface area contributed by atoms with Crippen LogP contribution in [0.2, 0.25) is 0 Å². The average molecular weight is 744 g/mol. The van der Waals surface area contributed by atoms with E-state index in [9.17, 15) is 29.1 Å². The van der Waals surface area contributed by atoms with Gasteiger partial charge in [0.15, 0.2) is 11.9 Å². The number of phenolic OH excluding ortho intramolecular Hbond substituents is 1. The van der Waals surface area contributed by atoms with Crippen LogP contribution in [0.4, 0.5) is 0 Å². The highest BCUT2D eigenvalue weighted by Crippen LogP contribution is 2.18. The maximum Gasteiger partial charge on any atom is 0.245 e. The van der Waals surface area contributed by atoms with Gasteiger partial charge in [-0.05, 0) is 59.7 Å². The molecule has 0 saturated carbocycles. The standard InChI is InChI=1S/C37H49N11O6/c1-48-30(9-5-17-43-37(40)41)34(53)46-27(8-4-16-42-36(38)39)33(52)47-28(20-23-10-13-24-6-2-3-7-25(24)18-23)32(51)44-21-31(50)45-29(35(48)54)19-22-11-14-26(49)15-12-22/h2-3,6-7,10-15,18,27-30,49H,4-5,8-9,16-17,19-21H2,1H3,(H,44,51)(H,45,50)(H,46,53)(H,47,52)(H4,38,39,42)(H4,40,41,43)/t27-,28-,29+,30-/m0/s1. The molecule has 0 unspecified atom stereocenters. The van der Waals surface area contributed by atoms with E-state index < -0.39 is 60.2 Å². The molecule has 0 bridgehead atoms. The maximum absolute atomic E-state index is 14.1. The molecule has 1 saturated heterocycles. The number of hydrogen-bond donors (Lipinski definition) is 9. The molecule has 0 radical (unpaired) electrons. The van der Waals surface area contributed by atoms with Gasteiger partial charge in [-0.25, -0.2) is 0 Å². The minimum Gasteiger partial charge on any atom is -0.508 e. The van der Waals surface area contributed by atoms with E-state index in [0.29, 0.717) is 5.56 Å². The number of nitrogens with two attached hydrogens (primary N) is 4. The van der Waals surface area contributed by atoms with E-state index in [-0.39, 0.29) is 69.3 Å². The fourth-order valence-corrected chi connectivity index (χ4v) is 6.12. The van der Waals surface area contributed by atoms with Crippen LogP contribution in [0.25, 0.3) is 10.8 Å². The van der Waals surface area contributed by atoms with Crippen LogP contribution < -0.4 is 44.2 Å². The van der Waals surface area contributed by atoms with Gasteiger partial charge in [-0.2, -0.15) is 0 Å². The van der Waals surface area contributed by atoms with E-state index in [1.807, 2.05) is 42.5 Å². The lowest BCUT2D eigenvalue weighted by Gasteiger charge is -2.32. The summed E-state index contributed by atoms with van der Waals surface area (Å²) in [4.78, 5) is 78.5. The van der Waals surface area contributed by atoms with Gasteiger partial charge in [0, 0.05) is 33.0 Å². The Hall–Kier alpha value is -6.39. The summed E-state index contributed by atoms with van der Waals surface area (Å²) in [5, 5.41) is 22.6. The van der Waals surface area contributed by atoms with Gasteiger partial charge in [-0.15, -0.1) is 0 Å². The smallest absolute Gasteiger partial charge is 0.245 e. The van der Waals surface area contributed by atoms with Crippen molar-refractivity contribution in [2.75, 3.05) is 26.7 Å². The second kappa shape index (κ2) is 19.4. The Morgan fingerprint density at radius 2 is 1.30 bits per heavy atom. The Kier molecular flexibility index (Phi) is 14.5. The second-order valence-electron chi connectivity index (χ2n) is 13.1. The molecule has 0 aliphatic carbocycles. The van der Waals surface area contributed by atoms with Crippen molar-refractivity contribution in [3.05, 3.63) is 77.9 Å². The highest BCUT2D eigenvalue weighted by molar-refractivity contribution is 5.97. The number of amides is 5. The molecule has 13 N–H and O–H groups in total. The van der Waals surface area contributed by atoms with E-state index >= 15 is 0 Å². The molecule has 54 heavy (non-hydrogen) atoms. The highest BCUT2D eigenvalue weighted by atomic mass is 16.3. The summed E-state index contributed by atoms with van der Waals surface area (Å²) < 4.78 is 0. The van der Waals surface area contributed by atoms with Crippen LogP contribution in [0.5, 0.6) is 5.75 Å². The van der Waals surface area contributed by atoms with Gasteiger partial charge < -0.3 is 54.2 Å². The van der Waals surface area contributed by atoms with Crippen molar-refractivity contribution in [2.24, 2.45) is 32.9 Å². The van der Waals surface area contributed by atoms with Gasteiger partial charge >= 0.3 is 0 Å². The van der Waals surface area contributed by atoms with Crippen molar-refractivity contribution < 1.29 is 29.1 Å². The minimum absolute atomic E-state index is 0.00350. The Morgan fingerprint density at radius 1 is 0.704 bits per heavy atom. The zero-order valence-corrected chi connectivity index (χ0v) is 30.2. The lowest BCUT2D eigenvalue weighted by Crippen LogP contribution is -2.58. The molecule has 17 heteroatoms. The zero-order valence-electron chi connectivity index (χ0n) is 30.2. The topological polar surface area (TPSA) is 286 Å². The third kappa shape index (κ3) is 12.1. The molecule has 3 aromatic carbocycles. The van der Waals surface area contributed by atoms with Crippen molar-refractivity contribution >= 4 is 52.2 Å². The molecule has 1 heterocycles. The predicted molar refractivity (Wildman–Crippen MR) is 205 cm³/mol. The van der Waals surface area contributed by atoms with Crippen LogP contribution in [0, 0.1) is 0 Å². The molecular weight excluding hydrogens is 694 g/mol. The second-order valence-corrected chi connectivity index (χ2v) is 13.1. The molecule has 1 aliphatic heterocycles. The van der Waals surface area contributed by atoms with Crippen molar-refractivity contribution in [2.45, 2.75) is 62.7 Å². The number of nitrogens with one attached hydrogen (secondary N) is 4. The number of aromatic hydroxyl groups is 1. The molecule has 4 atom stereocenters. The van der Waals surface area contributed by atoms with E-state index in [0.717, 1.165) is 16.3 Å². The lowest BCUT2D eigenvalue weighted by molar-refractivity contribution is -0.142. The highest BCUT2D eigenvalue weighted by Gasteiger charge is 2.35. The summed E-state index contributed by atoms with van der Waals surface area (Å²) in [7, 11) is 1.43. The first-order chi connectivity index (χ1) is 25.8. The van der Waals surface area contributed by atoms with Crippen molar-refractivity contribution in [3.8, 4) is 5.75 Å². The summed E-state index contributed by atoms with van der Waals surface area (Å²) in [6.45, 7) is -0.183. The first-order valence-corrected chi connectivity index (χ1v) is 17.6. The number of guanidine groups is 2. The van der Waals surface area contributed by atoms with E-state index in [1.165, 1.54) is 24.1 Å².